The molecule has 1 heterocycles. The first-order valence-electron chi connectivity index (χ1n) is 8.56. The van der Waals surface area contributed by atoms with Crippen LogP contribution >= 0.6 is 0 Å². The number of hydrogen-bond donors (Lipinski definition) is 1. The Kier molecular flexibility index (Phi) is 5.57. The number of aryl methyl sites for hydroxylation is 1. The van der Waals surface area contributed by atoms with Crippen LogP contribution in [0.15, 0.2) is 59.8 Å². The highest BCUT2D eigenvalue weighted by molar-refractivity contribution is 7.89. The van der Waals surface area contributed by atoms with Gasteiger partial charge in [0.2, 0.25) is 15.9 Å². The van der Waals surface area contributed by atoms with Crippen LogP contribution < -0.4 is 5.32 Å². The number of rotatable bonds is 7. The highest BCUT2D eigenvalue weighted by Gasteiger charge is 2.20. The monoisotopic (exact) mass is 386 g/mol. The molecule has 0 spiro atoms. The van der Waals surface area contributed by atoms with Crippen LogP contribution in [0.3, 0.4) is 0 Å². The van der Waals surface area contributed by atoms with Gasteiger partial charge in [0.15, 0.2) is 0 Å². The lowest BCUT2D eigenvalue weighted by Gasteiger charge is -2.15. The summed E-state index contributed by atoms with van der Waals surface area (Å²) < 4.78 is 27.9. The van der Waals surface area contributed by atoms with Crippen molar-refractivity contribution in [1.29, 1.82) is 0 Å². The molecule has 0 fully saturated rings. The van der Waals surface area contributed by atoms with E-state index in [0.717, 1.165) is 15.3 Å². The minimum absolute atomic E-state index is 0.148. The molecule has 7 nitrogen and oxygen atoms in total. The highest BCUT2D eigenvalue weighted by atomic mass is 32.2. The Bertz CT molecular complexity index is 1060. The van der Waals surface area contributed by atoms with Crippen LogP contribution in [0.1, 0.15) is 12.0 Å². The number of imidazole rings is 1. The van der Waals surface area contributed by atoms with Crippen LogP contribution in [0, 0.1) is 0 Å². The quantitative estimate of drug-likeness (QED) is 0.673. The first kappa shape index (κ1) is 19.1. The number of sulfonamides is 1. The lowest BCUT2D eigenvalue weighted by molar-refractivity contribution is -0.121. The molecule has 1 amide bonds. The molecule has 0 radical (unpaired) electrons. The lowest BCUT2D eigenvalue weighted by Crippen LogP contribution is -2.27. The summed E-state index contributed by atoms with van der Waals surface area (Å²) in [5.74, 6) is -0.148. The maximum Gasteiger partial charge on any atom is 0.242 e. The molecule has 142 valence electrons. The highest BCUT2D eigenvalue weighted by Crippen LogP contribution is 2.18. The fourth-order valence-corrected chi connectivity index (χ4v) is 3.91. The van der Waals surface area contributed by atoms with Crippen molar-refractivity contribution >= 4 is 27.0 Å². The molecule has 0 atom stereocenters. The third-order valence-corrected chi connectivity index (χ3v) is 6.23. The zero-order valence-electron chi connectivity index (χ0n) is 15.3. The number of aromatic nitrogens is 2. The van der Waals surface area contributed by atoms with Gasteiger partial charge in [-0.1, -0.05) is 30.3 Å². The second-order valence-electron chi connectivity index (χ2n) is 6.35. The van der Waals surface area contributed by atoms with Gasteiger partial charge in [0.05, 0.1) is 22.3 Å². The molecule has 27 heavy (non-hydrogen) atoms. The van der Waals surface area contributed by atoms with Crippen LogP contribution in [0.25, 0.3) is 11.0 Å². The van der Waals surface area contributed by atoms with Crippen LogP contribution in [0.4, 0.5) is 0 Å². The molecule has 2 aromatic carbocycles. The van der Waals surface area contributed by atoms with E-state index in [1.54, 1.807) is 30.6 Å². The fourth-order valence-electron chi connectivity index (χ4n) is 2.79. The average Bonchev–Trinajstić information content (AvgIpc) is 3.08. The number of hydrogen-bond acceptors (Lipinski definition) is 4. The molecule has 1 aromatic heterocycles. The summed E-state index contributed by atoms with van der Waals surface area (Å²) in [4.78, 5) is 16.7. The Hall–Kier alpha value is -2.71. The molecule has 0 saturated carbocycles. The SMILES string of the molecule is CN(C)S(=O)(=O)c1ccccc1CNC(=O)CCn1cnc2ccccc21. The maximum atomic E-state index is 12.4. The largest absolute Gasteiger partial charge is 0.352 e. The topological polar surface area (TPSA) is 84.3 Å². The number of carbonyl (C=O) groups excluding carboxylic acids is 1. The number of benzene rings is 2. The molecule has 3 rings (SSSR count). The summed E-state index contributed by atoms with van der Waals surface area (Å²) in [6, 6.07) is 14.4. The summed E-state index contributed by atoms with van der Waals surface area (Å²) in [5, 5.41) is 2.81. The molecule has 0 saturated heterocycles. The zero-order valence-corrected chi connectivity index (χ0v) is 16.1. The summed E-state index contributed by atoms with van der Waals surface area (Å²) in [5.41, 5.74) is 2.43. The van der Waals surface area contributed by atoms with Crippen molar-refractivity contribution in [2.45, 2.75) is 24.4 Å². The van der Waals surface area contributed by atoms with Gasteiger partial charge in [-0.15, -0.1) is 0 Å². The molecular formula is C19H22N4O3S. The first-order chi connectivity index (χ1) is 12.9. The van der Waals surface area contributed by atoms with Crippen LogP contribution in [-0.2, 0) is 27.9 Å². The third-order valence-electron chi connectivity index (χ3n) is 4.31. The van der Waals surface area contributed by atoms with Crippen LogP contribution in [0.5, 0.6) is 0 Å². The minimum Gasteiger partial charge on any atom is -0.352 e. The summed E-state index contributed by atoms with van der Waals surface area (Å²) in [6.07, 6.45) is 2.00. The second kappa shape index (κ2) is 7.89. The van der Waals surface area contributed by atoms with Gasteiger partial charge in [-0.05, 0) is 23.8 Å². The van der Waals surface area contributed by atoms with Crippen molar-refractivity contribution in [3.8, 4) is 0 Å². The van der Waals surface area contributed by atoms with E-state index in [9.17, 15) is 13.2 Å². The van der Waals surface area contributed by atoms with Crippen molar-refractivity contribution < 1.29 is 13.2 Å². The number of nitrogens with one attached hydrogen (secondary N) is 1. The second-order valence-corrected chi connectivity index (χ2v) is 8.47. The normalized spacial score (nSPS) is 11.8. The van der Waals surface area contributed by atoms with Crippen molar-refractivity contribution in [2.75, 3.05) is 14.1 Å². The van der Waals surface area contributed by atoms with E-state index in [2.05, 4.69) is 10.3 Å². The smallest absolute Gasteiger partial charge is 0.242 e. The Morgan fingerprint density at radius 3 is 2.59 bits per heavy atom. The van der Waals surface area contributed by atoms with E-state index in [-0.39, 0.29) is 23.8 Å². The Morgan fingerprint density at radius 1 is 1.11 bits per heavy atom. The third kappa shape index (κ3) is 4.17. The van der Waals surface area contributed by atoms with Gasteiger partial charge in [0, 0.05) is 33.6 Å². The maximum absolute atomic E-state index is 12.4. The van der Waals surface area contributed by atoms with E-state index in [4.69, 9.17) is 0 Å². The zero-order chi connectivity index (χ0) is 19.4. The van der Waals surface area contributed by atoms with Gasteiger partial charge in [-0.3, -0.25) is 4.79 Å². The number of amides is 1. The first-order valence-corrected chi connectivity index (χ1v) is 10.0. The lowest BCUT2D eigenvalue weighted by atomic mass is 10.2. The fraction of sp³-hybridized carbons (Fsp3) is 0.263. The molecule has 8 heteroatoms. The summed E-state index contributed by atoms with van der Waals surface area (Å²) in [7, 11) is -0.585. The molecule has 0 bridgehead atoms. The number of nitrogens with zero attached hydrogens (tertiary/aromatic N) is 3. The van der Waals surface area contributed by atoms with E-state index in [1.165, 1.54) is 14.1 Å². The number of fused-ring (bicyclic) bond motifs is 1. The predicted octanol–water partition coefficient (Wildman–Crippen LogP) is 1.99. The summed E-state index contributed by atoms with van der Waals surface area (Å²) in [6.45, 7) is 0.663. The van der Waals surface area contributed by atoms with E-state index in [1.807, 2.05) is 28.8 Å². The minimum atomic E-state index is -3.56. The van der Waals surface area contributed by atoms with Gasteiger partial charge in [-0.2, -0.15) is 0 Å². The van der Waals surface area contributed by atoms with Gasteiger partial charge >= 0.3 is 0 Å². The van der Waals surface area contributed by atoms with Gasteiger partial charge in [0.1, 0.15) is 0 Å². The van der Waals surface area contributed by atoms with Gasteiger partial charge in [-0.25, -0.2) is 17.7 Å². The Morgan fingerprint density at radius 2 is 1.81 bits per heavy atom. The molecule has 0 aliphatic heterocycles. The van der Waals surface area contributed by atoms with Crippen molar-refractivity contribution in [2.24, 2.45) is 0 Å². The van der Waals surface area contributed by atoms with Crippen LogP contribution in [0.2, 0.25) is 0 Å². The number of para-hydroxylation sites is 2. The van der Waals surface area contributed by atoms with Crippen LogP contribution in [-0.4, -0.2) is 42.3 Å². The van der Waals surface area contributed by atoms with Gasteiger partial charge < -0.3 is 9.88 Å². The standard InChI is InChI=1S/C19H22N4O3S/c1-22(2)27(25,26)18-10-6-3-7-15(18)13-20-19(24)11-12-23-14-21-16-8-4-5-9-17(16)23/h3-10,14H,11-13H2,1-2H3,(H,20,24). The molecule has 3 aromatic rings. The molecule has 1 N–H and O–H groups in total. The predicted molar refractivity (Wildman–Crippen MR) is 104 cm³/mol. The number of carbonyl (C=O) groups is 1. The van der Waals surface area contributed by atoms with Crippen molar-refractivity contribution in [3.63, 3.8) is 0 Å². The molecule has 0 unspecified atom stereocenters. The molecule has 0 aliphatic rings. The average molecular weight is 386 g/mol. The van der Waals surface area contributed by atoms with E-state index < -0.39 is 10.0 Å². The van der Waals surface area contributed by atoms with E-state index in [0.29, 0.717) is 12.1 Å². The Labute approximate surface area is 158 Å². The van der Waals surface area contributed by atoms with E-state index >= 15 is 0 Å². The molecule has 0 aliphatic carbocycles. The molecular weight excluding hydrogens is 364 g/mol. The van der Waals surface area contributed by atoms with Gasteiger partial charge in [0.25, 0.3) is 0 Å². The van der Waals surface area contributed by atoms with Crippen molar-refractivity contribution in [1.82, 2.24) is 19.2 Å². The van der Waals surface area contributed by atoms with Crippen molar-refractivity contribution in [3.05, 3.63) is 60.4 Å². The Balaban J connectivity index is 1.63. The summed E-state index contributed by atoms with van der Waals surface area (Å²) >= 11 is 0.